The molecule has 0 aliphatic carbocycles. The lowest BCUT2D eigenvalue weighted by Crippen LogP contribution is -2.36. The molecule has 0 spiro atoms. The Bertz CT molecular complexity index is 1450. The van der Waals surface area contributed by atoms with Crippen molar-refractivity contribution in [2.75, 3.05) is 18.5 Å². The van der Waals surface area contributed by atoms with E-state index in [0.29, 0.717) is 34.9 Å². The zero-order chi connectivity index (χ0) is 27.1. The van der Waals surface area contributed by atoms with E-state index in [1.54, 1.807) is 60.7 Å². The topological polar surface area (TPSA) is 109 Å². The number of nitriles is 1. The van der Waals surface area contributed by atoms with Crippen LogP contribution in [0, 0.1) is 11.3 Å². The summed E-state index contributed by atoms with van der Waals surface area (Å²) in [6, 6.07) is 21.4. The summed E-state index contributed by atoms with van der Waals surface area (Å²) in [5.41, 5.74) is 2.47. The molecule has 0 aromatic heterocycles. The summed E-state index contributed by atoms with van der Waals surface area (Å²) in [5.74, 6) is -0.0791. The second-order valence-electron chi connectivity index (χ2n) is 8.02. The number of hydrogen-bond acceptors (Lipinski definition) is 7. The maximum Gasteiger partial charge on any atom is 0.294 e. The third-order valence-corrected chi connectivity index (χ3v) is 6.83. The molecule has 38 heavy (non-hydrogen) atoms. The van der Waals surface area contributed by atoms with Crippen molar-refractivity contribution >= 4 is 56.5 Å². The molecule has 1 N–H and O–H groups in total. The fourth-order valence-corrected chi connectivity index (χ4v) is 4.68. The summed E-state index contributed by atoms with van der Waals surface area (Å²) in [4.78, 5) is 38.9. The van der Waals surface area contributed by atoms with Crippen LogP contribution in [0.25, 0.3) is 6.08 Å². The predicted octanol–water partition coefficient (Wildman–Crippen LogP) is 5.97. The van der Waals surface area contributed by atoms with Crippen molar-refractivity contribution in [1.29, 1.82) is 5.26 Å². The van der Waals surface area contributed by atoms with Gasteiger partial charge in [-0.3, -0.25) is 19.3 Å². The first-order chi connectivity index (χ1) is 18.4. The van der Waals surface area contributed by atoms with Gasteiger partial charge in [-0.05, 0) is 72.8 Å². The molecule has 0 atom stereocenters. The van der Waals surface area contributed by atoms with Gasteiger partial charge in [0.05, 0.1) is 23.1 Å². The Morgan fingerprint density at radius 2 is 1.84 bits per heavy atom. The van der Waals surface area contributed by atoms with Crippen LogP contribution in [0.4, 0.5) is 10.5 Å². The van der Waals surface area contributed by atoms with E-state index < -0.39 is 17.1 Å². The predicted molar refractivity (Wildman–Crippen MR) is 149 cm³/mol. The van der Waals surface area contributed by atoms with Crippen molar-refractivity contribution < 1.29 is 23.9 Å². The number of halogens is 1. The van der Waals surface area contributed by atoms with Gasteiger partial charge in [-0.15, -0.1) is 0 Å². The molecule has 0 unspecified atom stereocenters. The molecule has 0 bridgehead atoms. The standard InChI is InChI=1S/C28H22BrN3O5S/c1-2-36-24-13-18(7-12-23(24)37-17-20-6-4-3-5-19(20)15-30)14-25-27(34)32(28(35)38-25)16-26(33)31-22-10-8-21(29)9-11-22/h3-14H,2,16-17H2,1H3,(H,31,33)/b25-14+. The molecule has 8 nitrogen and oxygen atoms in total. The highest BCUT2D eigenvalue weighted by atomic mass is 79.9. The number of benzene rings is 3. The van der Waals surface area contributed by atoms with Crippen LogP contribution in [0.3, 0.4) is 0 Å². The van der Waals surface area contributed by atoms with Gasteiger partial charge in [0.2, 0.25) is 5.91 Å². The monoisotopic (exact) mass is 591 g/mol. The van der Waals surface area contributed by atoms with Gasteiger partial charge in [-0.25, -0.2) is 0 Å². The van der Waals surface area contributed by atoms with Gasteiger partial charge in [0, 0.05) is 15.7 Å². The summed E-state index contributed by atoms with van der Waals surface area (Å²) >= 11 is 4.10. The first-order valence-corrected chi connectivity index (χ1v) is 13.2. The second kappa shape index (κ2) is 12.4. The van der Waals surface area contributed by atoms with Crippen molar-refractivity contribution in [2.24, 2.45) is 0 Å². The number of thioether (sulfide) groups is 1. The van der Waals surface area contributed by atoms with Crippen LogP contribution in [-0.4, -0.2) is 35.1 Å². The normalized spacial score (nSPS) is 13.9. The van der Waals surface area contributed by atoms with E-state index in [1.807, 2.05) is 19.1 Å². The lowest BCUT2D eigenvalue weighted by Gasteiger charge is -2.13. The number of rotatable bonds is 9. The Kier molecular flexibility index (Phi) is 8.84. The van der Waals surface area contributed by atoms with E-state index in [-0.39, 0.29) is 18.1 Å². The number of nitrogens with one attached hydrogen (secondary N) is 1. The van der Waals surface area contributed by atoms with Crippen LogP contribution in [0.1, 0.15) is 23.6 Å². The SMILES string of the molecule is CCOc1cc(/C=C2/SC(=O)N(CC(=O)Nc3ccc(Br)cc3)C2=O)ccc1OCc1ccccc1C#N. The highest BCUT2D eigenvalue weighted by Crippen LogP contribution is 2.35. The van der Waals surface area contributed by atoms with Crippen LogP contribution in [0.5, 0.6) is 11.5 Å². The summed E-state index contributed by atoms with van der Waals surface area (Å²) in [7, 11) is 0. The number of amides is 3. The summed E-state index contributed by atoms with van der Waals surface area (Å²) in [6.45, 7) is 2.02. The molecule has 1 aliphatic heterocycles. The highest BCUT2D eigenvalue weighted by Gasteiger charge is 2.36. The van der Waals surface area contributed by atoms with Gasteiger partial charge in [0.15, 0.2) is 11.5 Å². The minimum absolute atomic E-state index is 0.185. The lowest BCUT2D eigenvalue weighted by atomic mass is 10.1. The number of ether oxygens (including phenoxy) is 2. The van der Waals surface area contributed by atoms with E-state index in [4.69, 9.17) is 9.47 Å². The first kappa shape index (κ1) is 27.0. The molecule has 10 heteroatoms. The average molecular weight is 592 g/mol. The number of imide groups is 1. The van der Waals surface area contributed by atoms with Gasteiger partial charge in [0.1, 0.15) is 13.2 Å². The van der Waals surface area contributed by atoms with Gasteiger partial charge in [0.25, 0.3) is 11.1 Å². The first-order valence-electron chi connectivity index (χ1n) is 11.6. The molecule has 0 radical (unpaired) electrons. The quantitative estimate of drug-likeness (QED) is 0.305. The number of anilines is 1. The maximum atomic E-state index is 12.9. The van der Waals surface area contributed by atoms with Crippen molar-refractivity contribution in [2.45, 2.75) is 13.5 Å². The molecular formula is C28H22BrN3O5S. The van der Waals surface area contributed by atoms with Crippen LogP contribution < -0.4 is 14.8 Å². The number of nitrogens with zero attached hydrogens (tertiary/aromatic N) is 2. The van der Waals surface area contributed by atoms with E-state index in [2.05, 4.69) is 27.3 Å². The van der Waals surface area contributed by atoms with Gasteiger partial charge < -0.3 is 14.8 Å². The number of hydrogen-bond donors (Lipinski definition) is 1. The van der Waals surface area contributed by atoms with Crippen molar-refractivity contribution in [3.05, 3.63) is 92.8 Å². The Hall–Kier alpha value is -4.07. The molecule has 1 fully saturated rings. The van der Waals surface area contributed by atoms with Crippen LogP contribution in [0.15, 0.2) is 76.1 Å². The Morgan fingerprint density at radius 1 is 1.08 bits per heavy atom. The largest absolute Gasteiger partial charge is 0.490 e. The van der Waals surface area contributed by atoms with Crippen LogP contribution >= 0.6 is 27.7 Å². The zero-order valence-electron chi connectivity index (χ0n) is 20.3. The third-order valence-electron chi connectivity index (χ3n) is 5.39. The molecule has 1 heterocycles. The Labute approximate surface area is 232 Å². The Morgan fingerprint density at radius 3 is 2.58 bits per heavy atom. The fourth-order valence-electron chi connectivity index (χ4n) is 3.58. The van der Waals surface area contributed by atoms with Crippen molar-refractivity contribution in [3.63, 3.8) is 0 Å². The van der Waals surface area contributed by atoms with Gasteiger partial charge >= 0.3 is 0 Å². The highest BCUT2D eigenvalue weighted by molar-refractivity contribution is 9.10. The van der Waals surface area contributed by atoms with Crippen molar-refractivity contribution in [1.82, 2.24) is 4.90 Å². The molecule has 3 amide bonds. The van der Waals surface area contributed by atoms with Crippen molar-refractivity contribution in [3.8, 4) is 17.6 Å². The molecular weight excluding hydrogens is 570 g/mol. The average Bonchev–Trinajstić information content (AvgIpc) is 3.17. The summed E-state index contributed by atoms with van der Waals surface area (Å²) in [6.07, 6.45) is 1.58. The van der Waals surface area contributed by atoms with Gasteiger partial charge in [-0.2, -0.15) is 5.26 Å². The van der Waals surface area contributed by atoms with E-state index in [0.717, 1.165) is 26.7 Å². The minimum atomic E-state index is -0.544. The summed E-state index contributed by atoms with van der Waals surface area (Å²) < 4.78 is 12.5. The fraction of sp³-hybridized carbons (Fsp3) is 0.143. The van der Waals surface area contributed by atoms with Crippen LogP contribution in [-0.2, 0) is 16.2 Å². The molecule has 1 saturated heterocycles. The molecule has 0 saturated carbocycles. The zero-order valence-corrected chi connectivity index (χ0v) is 22.7. The molecule has 1 aliphatic rings. The molecule has 192 valence electrons. The number of carbonyl (C=O) groups excluding carboxylic acids is 3. The van der Waals surface area contributed by atoms with Crippen LogP contribution in [0.2, 0.25) is 0 Å². The van der Waals surface area contributed by atoms with E-state index in [9.17, 15) is 19.6 Å². The molecule has 3 aromatic carbocycles. The van der Waals surface area contributed by atoms with E-state index >= 15 is 0 Å². The second-order valence-corrected chi connectivity index (χ2v) is 9.93. The van der Waals surface area contributed by atoms with E-state index in [1.165, 1.54) is 0 Å². The maximum absolute atomic E-state index is 12.9. The Balaban J connectivity index is 1.45. The van der Waals surface area contributed by atoms with Gasteiger partial charge in [-0.1, -0.05) is 40.2 Å². The smallest absolute Gasteiger partial charge is 0.294 e. The third kappa shape index (κ3) is 6.62. The minimum Gasteiger partial charge on any atom is -0.490 e. The summed E-state index contributed by atoms with van der Waals surface area (Å²) in [5, 5.41) is 11.4. The number of carbonyl (C=O) groups is 3. The molecule has 3 aromatic rings. The molecule has 4 rings (SSSR count). The lowest BCUT2D eigenvalue weighted by molar-refractivity contribution is -0.127.